The molecule has 0 fully saturated rings. The molecule has 1 aromatic heterocycles. The van der Waals surface area contributed by atoms with E-state index in [1.54, 1.807) is 0 Å². The minimum Gasteiger partial charge on any atom is -0.481 e. The maximum absolute atomic E-state index is 10.6. The molecule has 0 aliphatic rings. The number of aliphatic carboxylic acids is 1. The third kappa shape index (κ3) is 7.17. The summed E-state index contributed by atoms with van der Waals surface area (Å²) in [6, 6.07) is 0. The first-order valence-electron chi connectivity index (χ1n) is 7.62. The van der Waals surface area contributed by atoms with E-state index < -0.39 is 5.97 Å². The largest absolute Gasteiger partial charge is 0.481 e. The van der Waals surface area contributed by atoms with Crippen molar-refractivity contribution in [3.8, 4) is 0 Å². The van der Waals surface area contributed by atoms with Crippen LogP contribution in [0, 0.1) is 5.41 Å². The van der Waals surface area contributed by atoms with Crippen molar-refractivity contribution in [2.75, 3.05) is 6.54 Å². The van der Waals surface area contributed by atoms with E-state index in [2.05, 4.69) is 41.6 Å². The number of tetrazole rings is 1. The van der Waals surface area contributed by atoms with Gasteiger partial charge in [-0.05, 0) is 41.6 Å². The van der Waals surface area contributed by atoms with E-state index >= 15 is 0 Å². The lowest BCUT2D eigenvalue weighted by atomic mass is 9.84. The fourth-order valence-electron chi connectivity index (χ4n) is 2.03. The zero-order chi connectivity index (χ0) is 15.7. The van der Waals surface area contributed by atoms with Crippen LogP contribution in [0.2, 0.25) is 0 Å². The van der Waals surface area contributed by atoms with Crippen LogP contribution in [-0.4, -0.2) is 37.8 Å². The highest BCUT2D eigenvalue weighted by Crippen LogP contribution is 2.25. The van der Waals surface area contributed by atoms with E-state index in [9.17, 15) is 4.79 Å². The number of nitrogens with one attached hydrogen (secondary N) is 1. The average Bonchev–Trinajstić information content (AvgIpc) is 2.87. The van der Waals surface area contributed by atoms with Gasteiger partial charge in [-0.25, -0.2) is 4.68 Å². The van der Waals surface area contributed by atoms with Crippen LogP contribution >= 0.6 is 0 Å². The van der Waals surface area contributed by atoms with Crippen LogP contribution in [-0.2, 0) is 17.9 Å². The minimum absolute atomic E-state index is 0.0273. The van der Waals surface area contributed by atoms with Gasteiger partial charge in [0.2, 0.25) is 0 Å². The number of hydrogen-bond acceptors (Lipinski definition) is 5. The molecule has 7 nitrogen and oxygen atoms in total. The zero-order valence-electron chi connectivity index (χ0n) is 13.3. The Bertz CT molecular complexity index is 431. The smallest absolute Gasteiger partial charge is 0.303 e. The summed E-state index contributed by atoms with van der Waals surface area (Å²) in [6.07, 6.45) is 4.03. The van der Waals surface area contributed by atoms with Gasteiger partial charge < -0.3 is 10.4 Å². The van der Waals surface area contributed by atoms with Crippen molar-refractivity contribution >= 4 is 5.97 Å². The average molecular weight is 297 g/mol. The third-order valence-corrected chi connectivity index (χ3v) is 3.61. The lowest BCUT2D eigenvalue weighted by molar-refractivity contribution is -0.137. The highest BCUT2D eigenvalue weighted by molar-refractivity contribution is 5.66. The zero-order valence-corrected chi connectivity index (χ0v) is 13.3. The molecule has 2 N–H and O–H groups in total. The number of nitrogens with zero attached hydrogens (tertiary/aromatic N) is 4. The SMILES string of the molecule is CCCCn1nnnc1CNCCC(C)(C)CCC(=O)O. The molecule has 120 valence electrons. The number of rotatable bonds is 11. The first-order chi connectivity index (χ1) is 9.94. The van der Waals surface area contributed by atoms with E-state index in [1.807, 2.05) is 4.68 Å². The Morgan fingerprint density at radius 1 is 1.38 bits per heavy atom. The van der Waals surface area contributed by atoms with Gasteiger partial charge in [0, 0.05) is 13.0 Å². The number of aryl methyl sites for hydroxylation is 1. The standard InChI is InChI=1S/C14H27N5O2/c1-4-5-10-19-12(16-17-18-19)11-15-9-8-14(2,3)7-6-13(20)21/h15H,4-11H2,1-3H3,(H,20,21). The molecule has 7 heteroatoms. The van der Waals surface area contributed by atoms with E-state index in [4.69, 9.17) is 5.11 Å². The Labute approximate surface area is 126 Å². The Balaban J connectivity index is 2.27. The van der Waals surface area contributed by atoms with Gasteiger partial charge in [0.05, 0.1) is 6.54 Å². The predicted molar refractivity (Wildman–Crippen MR) is 79.7 cm³/mol. The molecule has 0 aliphatic heterocycles. The second kappa shape index (κ2) is 8.71. The van der Waals surface area contributed by atoms with Crippen LogP contribution in [0.15, 0.2) is 0 Å². The molecule has 0 amide bonds. The number of carboxylic acid groups (broad SMARTS) is 1. The van der Waals surface area contributed by atoms with Crippen LogP contribution in [0.25, 0.3) is 0 Å². The molecular formula is C14H27N5O2. The Hall–Kier alpha value is -1.50. The lowest BCUT2D eigenvalue weighted by Gasteiger charge is -2.23. The van der Waals surface area contributed by atoms with Crippen molar-refractivity contribution in [3.05, 3.63) is 5.82 Å². The maximum Gasteiger partial charge on any atom is 0.303 e. The normalized spacial score (nSPS) is 11.8. The molecule has 0 aliphatic carbocycles. The van der Waals surface area contributed by atoms with Crippen molar-refractivity contribution in [2.45, 2.75) is 66.0 Å². The monoisotopic (exact) mass is 297 g/mol. The summed E-state index contributed by atoms with van der Waals surface area (Å²) in [4.78, 5) is 10.6. The highest BCUT2D eigenvalue weighted by Gasteiger charge is 2.18. The number of aromatic nitrogens is 4. The molecule has 0 bridgehead atoms. The fraction of sp³-hybridized carbons (Fsp3) is 0.857. The number of carboxylic acids is 1. The highest BCUT2D eigenvalue weighted by atomic mass is 16.4. The number of hydrogen-bond donors (Lipinski definition) is 2. The van der Waals surface area contributed by atoms with Crippen molar-refractivity contribution < 1.29 is 9.90 Å². The summed E-state index contributed by atoms with van der Waals surface area (Å²) < 4.78 is 1.84. The number of unbranched alkanes of at least 4 members (excludes halogenated alkanes) is 1. The molecule has 0 saturated heterocycles. The molecular weight excluding hydrogens is 270 g/mol. The summed E-state index contributed by atoms with van der Waals surface area (Å²) in [6.45, 7) is 8.66. The Kier molecular flexibility index (Phi) is 7.28. The summed E-state index contributed by atoms with van der Waals surface area (Å²) in [5.41, 5.74) is 0.0273. The van der Waals surface area contributed by atoms with E-state index in [0.29, 0.717) is 13.0 Å². The Morgan fingerprint density at radius 2 is 2.14 bits per heavy atom. The summed E-state index contributed by atoms with van der Waals surface area (Å²) >= 11 is 0. The quantitative estimate of drug-likeness (QED) is 0.605. The molecule has 0 aromatic carbocycles. The van der Waals surface area contributed by atoms with E-state index in [-0.39, 0.29) is 11.8 Å². The fourth-order valence-corrected chi connectivity index (χ4v) is 2.03. The molecule has 0 atom stereocenters. The van der Waals surface area contributed by atoms with Crippen molar-refractivity contribution in [1.29, 1.82) is 0 Å². The third-order valence-electron chi connectivity index (χ3n) is 3.61. The van der Waals surface area contributed by atoms with Gasteiger partial charge in [0.15, 0.2) is 5.82 Å². The second-order valence-electron chi connectivity index (χ2n) is 6.16. The minimum atomic E-state index is -0.730. The number of carbonyl (C=O) groups is 1. The van der Waals surface area contributed by atoms with Gasteiger partial charge >= 0.3 is 5.97 Å². The van der Waals surface area contributed by atoms with Gasteiger partial charge in [0.1, 0.15) is 0 Å². The van der Waals surface area contributed by atoms with Crippen LogP contribution < -0.4 is 5.32 Å². The first kappa shape index (κ1) is 17.6. The molecule has 1 rings (SSSR count). The molecule has 0 saturated carbocycles. The van der Waals surface area contributed by atoms with E-state index in [0.717, 1.165) is 38.2 Å². The van der Waals surface area contributed by atoms with Crippen LogP contribution in [0.1, 0.15) is 58.7 Å². The maximum atomic E-state index is 10.6. The van der Waals surface area contributed by atoms with Crippen LogP contribution in [0.4, 0.5) is 0 Å². The van der Waals surface area contributed by atoms with Crippen molar-refractivity contribution in [2.24, 2.45) is 5.41 Å². The topological polar surface area (TPSA) is 92.9 Å². The summed E-state index contributed by atoms with van der Waals surface area (Å²) in [7, 11) is 0. The molecule has 0 unspecified atom stereocenters. The van der Waals surface area contributed by atoms with Gasteiger partial charge in [0.25, 0.3) is 0 Å². The summed E-state index contributed by atoms with van der Waals surface area (Å²) in [5, 5.41) is 23.8. The van der Waals surface area contributed by atoms with Crippen molar-refractivity contribution in [1.82, 2.24) is 25.5 Å². The van der Waals surface area contributed by atoms with Crippen LogP contribution in [0.5, 0.6) is 0 Å². The molecule has 1 aromatic rings. The Morgan fingerprint density at radius 3 is 2.81 bits per heavy atom. The van der Waals surface area contributed by atoms with Gasteiger partial charge in [-0.15, -0.1) is 5.10 Å². The predicted octanol–water partition coefficient (Wildman–Crippen LogP) is 1.84. The van der Waals surface area contributed by atoms with E-state index in [1.165, 1.54) is 0 Å². The first-order valence-corrected chi connectivity index (χ1v) is 7.62. The van der Waals surface area contributed by atoms with Gasteiger partial charge in [-0.1, -0.05) is 27.2 Å². The van der Waals surface area contributed by atoms with Crippen molar-refractivity contribution in [3.63, 3.8) is 0 Å². The molecule has 0 radical (unpaired) electrons. The lowest BCUT2D eigenvalue weighted by Crippen LogP contribution is -2.24. The summed E-state index contributed by atoms with van der Waals surface area (Å²) in [5.74, 6) is 0.123. The second-order valence-corrected chi connectivity index (χ2v) is 6.16. The van der Waals surface area contributed by atoms with Crippen LogP contribution in [0.3, 0.4) is 0 Å². The molecule has 1 heterocycles. The van der Waals surface area contributed by atoms with Gasteiger partial charge in [-0.3, -0.25) is 4.79 Å². The molecule has 21 heavy (non-hydrogen) atoms. The molecule has 0 spiro atoms. The van der Waals surface area contributed by atoms with Gasteiger partial charge in [-0.2, -0.15) is 0 Å².